The van der Waals surface area contributed by atoms with E-state index < -0.39 is 10.8 Å². The predicted molar refractivity (Wildman–Crippen MR) is 61.2 cm³/mol. The van der Waals surface area contributed by atoms with Crippen LogP contribution in [0.3, 0.4) is 0 Å². The second-order valence-corrected chi connectivity index (χ2v) is 2.98. The highest BCUT2D eigenvalue weighted by atomic mass is 35.5. The predicted octanol–water partition coefficient (Wildman–Crippen LogP) is 1.38. The Morgan fingerprint density at radius 1 is 1.56 bits per heavy atom. The molecule has 1 rings (SSSR count). The molecule has 0 atom stereocenters. The number of hydrogen-bond donors (Lipinski definition) is 1. The highest BCUT2D eigenvalue weighted by Crippen LogP contribution is 2.08. The average molecular weight is 266 g/mol. The van der Waals surface area contributed by atoms with E-state index in [2.05, 4.69) is 10.3 Å². The lowest BCUT2D eigenvalue weighted by atomic mass is 10.3. The Morgan fingerprint density at radius 3 is 2.69 bits per heavy atom. The number of nitro groups is 1. The van der Waals surface area contributed by atoms with Gasteiger partial charge in [0.25, 0.3) is 11.6 Å². The van der Waals surface area contributed by atoms with Gasteiger partial charge in [0, 0.05) is 18.5 Å². The molecule has 1 aromatic rings. The summed E-state index contributed by atoms with van der Waals surface area (Å²) in [6.07, 6.45) is 1.04. The van der Waals surface area contributed by atoms with Gasteiger partial charge in [-0.3, -0.25) is 14.9 Å². The molecule has 0 aromatic carbocycles. The Kier molecular flexibility index (Phi) is 6.36. The van der Waals surface area contributed by atoms with Gasteiger partial charge in [-0.1, -0.05) is 0 Å². The molecule has 16 heavy (non-hydrogen) atoms. The number of halogens is 2. The van der Waals surface area contributed by atoms with Crippen molar-refractivity contribution >= 4 is 35.6 Å². The molecule has 8 heteroatoms. The molecule has 0 saturated carbocycles. The third-order valence-electron chi connectivity index (χ3n) is 1.57. The molecule has 1 aromatic heterocycles. The maximum Gasteiger partial charge on any atom is 0.287 e. The molecule has 1 heterocycles. The third-order valence-corrected chi connectivity index (χ3v) is 1.76. The van der Waals surface area contributed by atoms with Crippen LogP contribution in [0.15, 0.2) is 18.3 Å². The SMILES string of the molecule is Cl.O=C(NCCCl)c1ccc([N+](=O)[O-])cn1. The van der Waals surface area contributed by atoms with Crippen molar-refractivity contribution in [2.24, 2.45) is 0 Å². The van der Waals surface area contributed by atoms with Gasteiger partial charge in [0.2, 0.25) is 0 Å². The van der Waals surface area contributed by atoms with Crippen LogP contribution in [-0.2, 0) is 0 Å². The summed E-state index contributed by atoms with van der Waals surface area (Å²) in [5.41, 5.74) is -0.0189. The number of nitrogens with one attached hydrogen (secondary N) is 1. The molecule has 0 fully saturated rings. The van der Waals surface area contributed by atoms with E-state index in [9.17, 15) is 14.9 Å². The van der Waals surface area contributed by atoms with Crippen molar-refractivity contribution in [2.45, 2.75) is 0 Å². The van der Waals surface area contributed by atoms with Crippen LogP contribution in [0.5, 0.6) is 0 Å². The van der Waals surface area contributed by atoms with Gasteiger partial charge in [0.15, 0.2) is 0 Å². The largest absolute Gasteiger partial charge is 0.350 e. The maximum atomic E-state index is 11.3. The molecule has 1 amide bonds. The normalized spacial score (nSPS) is 9.06. The van der Waals surface area contributed by atoms with E-state index in [1.165, 1.54) is 12.1 Å². The fourth-order valence-corrected chi connectivity index (χ4v) is 0.974. The van der Waals surface area contributed by atoms with Gasteiger partial charge in [-0.05, 0) is 6.07 Å². The molecule has 88 valence electrons. The summed E-state index contributed by atoms with van der Waals surface area (Å²) in [7, 11) is 0. The number of pyridine rings is 1. The van der Waals surface area contributed by atoms with Gasteiger partial charge in [-0.2, -0.15) is 0 Å². The van der Waals surface area contributed by atoms with Crippen LogP contribution in [0.2, 0.25) is 0 Å². The molecule has 0 saturated heterocycles. The third kappa shape index (κ3) is 4.00. The topological polar surface area (TPSA) is 85.1 Å². The second kappa shape index (κ2) is 6.97. The van der Waals surface area contributed by atoms with E-state index in [1.807, 2.05) is 0 Å². The monoisotopic (exact) mass is 265 g/mol. The molecule has 0 aliphatic carbocycles. The number of hydrogen-bond acceptors (Lipinski definition) is 4. The fraction of sp³-hybridized carbons (Fsp3) is 0.250. The van der Waals surface area contributed by atoms with Crippen LogP contribution in [0, 0.1) is 10.1 Å². The quantitative estimate of drug-likeness (QED) is 0.506. The first-order valence-electron chi connectivity index (χ1n) is 4.09. The molecular weight excluding hydrogens is 257 g/mol. The van der Waals surface area contributed by atoms with E-state index in [0.29, 0.717) is 12.4 Å². The number of carbonyl (C=O) groups is 1. The summed E-state index contributed by atoms with van der Waals surface area (Å²) in [5, 5.41) is 12.8. The van der Waals surface area contributed by atoms with Gasteiger partial charge < -0.3 is 5.32 Å². The Hall–Kier alpha value is -1.40. The minimum absolute atomic E-state index is 0. The Bertz CT molecular complexity index is 369. The van der Waals surface area contributed by atoms with Gasteiger partial charge in [0.1, 0.15) is 11.9 Å². The lowest BCUT2D eigenvalue weighted by molar-refractivity contribution is -0.385. The highest BCUT2D eigenvalue weighted by Gasteiger charge is 2.09. The second-order valence-electron chi connectivity index (χ2n) is 2.60. The zero-order chi connectivity index (χ0) is 11.3. The van der Waals surface area contributed by atoms with Crippen molar-refractivity contribution in [2.75, 3.05) is 12.4 Å². The van der Waals surface area contributed by atoms with E-state index in [1.54, 1.807) is 0 Å². The fourth-order valence-electron chi connectivity index (χ4n) is 0.880. The van der Waals surface area contributed by atoms with Crippen molar-refractivity contribution in [3.8, 4) is 0 Å². The molecule has 0 unspecified atom stereocenters. The van der Waals surface area contributed by atoms with Crippen LogP contribution in [0.1, 0.15) is 10.5 Å². The first-order chi connectivity index (χ1) is 7.15. The van der Waals surface area contributed by atoms with Crippen LogP contribution in [-0.4, -0.2) is 28.2 Å². The Morgan fingerprint density at radius 2 is 2.25 bits per heavy atom. The number of nitrogens with zero attached hydrogens (tertiary/aromatic N) is 2. The molecule has 0 spiro atoms. The molecular formula is C8H9Cl2N3O3. The van der Waals surface area contributed by atoms with Crippen molar-refractivity contribution in [3.63, 3.8) is 0 Å². The Balaban J connectivity index is 0.00000225. The summed E-state index contributed by atoms with van der Waals surface area (Å²) in [5.74, 6) is -0.0934. The number of aromatic nitrogens is 1. The van der Waals surface area contributed by atoms with Crippen LogP contribution in [0.4, 0.5) is 5.69 Å². The minimum Gasteiger partial charge on any atom is -0.350 e. The van der Waals surface area contributed by atoms with Crippen molar-refractivity contribution in [3.05, 3.63) is 34.1 Å². The summed E-state index contributed by atoms with van der Waals surface area (Å²) in [6.45, 7) is 0.332. The molecule has 0 bridgehead atoms. The van der Waals surface area contributed by atoms with E-state index in [0.717, 1.165) is 6.20 Å². The standard InChI is InChI=1S/C8H8ClN3O3.ClH/c9-3-4-10-8(13)7-2-1-6(5-11-7)12(14)15;/h1-2,5H,3-4H2,(H,10,13);1H. The van der Waals surface area contributed by atoms with Crippen molar-refractivity contribution in [1.29, 1.82) is 0 Å². The van der Waals surface area contributed by atoms with Crippen molar-refractivity contribution in [1.82, 2.24) is 10.3 Å². The summed E-state index contributed by atoms with van der Waals surface area (Å²) >= 11 is 5.38. The molecule has 0 aliphatic rings. The number of carbonyl (C=O) groups excluding carboxylic acids is 1. The lowest BCUT2D eigenvalue weighted by Crippen LogP contribution is -2.26. The smallest absolute Gasteiger partial charge is 0.287 e. The minimum atomic E-state index is -0.576. The van der Waals surface area contributed by atoms with Gasteiger partial charge in [-0.25, -0.2) is 4.98 Å². The summed E-state index contributed by atoms with van der Waals surface area (Å²) in [6, 6.07) is 2.52. The van der Waals surface area contributed by atoms with Gasteiger partial charge in [0.05, 0.1) is 4.92 Å². The van der Waals surface area contributed by atoms with E-state index in [4.69, 9.17) is 11.6 Å². The maximum absolute atomic E-state index is 11.3. The first-order valence-corrected chi connectivity index (χ1v) is 4.63. The Labute approximate surface area is 103 Å². The van der Waals surface area contributed by atoms with Crippen LogP contribution >= 0.6 is 24.0 Å². The lowest BCUT2D eigenvalue weighted by Gasteiger charge is -2.00. The number of rotatable bonds is 4. The highest BCUT2D eigenvalue weighted by molar-refractivity contribution is 6.18. The van der Waals surface area contributed by atoms with Crippen LogP contribution < -0.4 is 5.32 Å². The zero-order valence-electron chi connectivity index (χ0n) is 8.05. The number of alkyl halides is 1. The van der Waals surface area contributed by atoms with E-state index >= 15 is 0 Å². The van der Waals surface area contributed by atoms with Gasteiger partial charge in [-0.15, -0.1) is 24.0 Å². The first kappa shape index (κ1) is 14.6. The number of amides is 1. The molecule has 6 nitrogen and oxygen atoms in total. The van der Waals surface area contributed by atoms with Gasteiger partial charge >= 0.3 is 0 Å². The summed E-state index contributed by atoms with van der Waals surface area (Å²) in [4.78, 5) is 24.7. The van der Waals surface area contributed by atoms with E-state index in [-0.39, 0.29) is 23.8 Å². The molecule has 0 aliphatic heterocycles. The van der Waals surface area contributed by atoms with Crippen molar-refractivity contribution < 1.29 is 9.72 Å². The average Bonchev–Trinajstić information content (AvgIpc) is 2.26. The molecule has 0 radical (unpaired) electrons. The zero-order valence-corrected chi connectivity index (χ0v) is 9.62. The van der Waals surface area contributed by atoms with Crippen LogP contribution in [0.25, 0.3) is 0 Å². The summed E-state index contributed by atoms with van der Waals surface area (Å²) < 4.78 is 0. The molecule has 1 N–H and O–H groups in total.